The number of nitrogens with one attached hydrogen (secondary N) is 1. The third-order valence-electron chi connectivity index (χ3n) is 2.63. The van der Waals surface area contributed by atoms with Crippen LogP contribution in [0.2, 0.25) is 5.02 Å². The molecule has 0 aromatic carbocycles. The number of thiophene rings is 1. The summed E-state index contributed by atoms with van der Waals surface area (Å²) in [4.78, 5) is 12.7. The van der Waals surface area contributed by atoms with Gasteiger partial charge in [0.05, 0.1) is 29.0 Å². The number of carbonyl (C=O) groups is 1. The third-order valence-corrected chi connectivity index (χ3v) is 3.99. The van der Waals surface area contributed by atoms with Crippen molar-refractivity contribution in [3.63, 3.8) is 0 Å². The molecule has 3 nitrogen and oxygen atoms in total. The van der Waals surface area contributed by atoms with E-state index in [0.717, 1.165) is 0 Å². The molecule has 82 valence electrons. The smallest absolute Gasteiger partial charge is 0.181 e. The van der Waals surface area contributed by atoms with Crippen LogP contribution in [-0.2, 0) is 4.74 Å². The number of ketones is 1. The summed E-state index contributed by atoms with van der Waals surface area (Å²) in [7, 11) is 1.84. The molecular weight excluding hydrogens is 234 g/mol. The van der Waals surface area contributed by atoms with E-state index in [1.54, 1.807) is 6.07 Å². The van der Waals surface area contributed by atoms with E-state index >= 15 is 0 Å². The van der Waals surface area contributed by atoms with Gasteiger partial charge in [0, 0.05) is 6.04 Å². The second-order valence-corrected chi connectivity index (χ2v) is 4.82. The molecule has 2 heterocycles. The first-order valence-corrected chi connectivity index (χ1v) is 6.02. The first kappa shape index (κ1) is 11.1. The molecule has 0 amide bonds. The Hall–Kier alpha value is -0.420. The van der Waals surface area contributed by atoms with Crippen LogP contribution in [0.5, 0.6) is 0 Å². The molecule has 1 aromatic rings. The fourth-order valence-electron chi connectivity index (χ4n) is 1.74. The summed E-state index contributed by atoms with van der Waals surface area (Å²) in [5.41, 5.74) is 0. The van der Waals surface area contributed by atoms with Crippen molar-refractivity contribution in [3.05, 3.63) is 21.3 Å². The number of Topliss-reactive ketones (excluding diaryl/α,β-unsaturated/α-hetero) is 1. The third kappa shape index (κ3) is 2.08. The molecule has 15 heavy (non-hydrogen) atoms. The summed E-state index contributed by atoms with van der Waals surface area (Å²) >= 11 is 7.32. The maximum Gasteiger partial charge on any atom is 0.181 e. The van der Waals surface area contributed by atoms with Crippen LogP contribution in [0, 0.1) is 5.92 Å². The number of ether oxygens (including phenoxy) is 1. The molecule has 2 atom stereocenters. The van der Waals surface area contributed by atoms with Crippen LogP contribution < -0.4 is 5.32 Å². The molecule has 0 bridgehead atoms. The van der Waals surface area contributed by atoms with Gasteiger partial charge in [-0.2, -0.15) is 0 Å². The lowest BCUT2D eigenvalue weighted by Gasteiger charge is -2.14. The fourth-order valence-corrected chi connectivity index (χ4v) is 2.89. The zero-order valence-electron chi connectivity index (χ0n) is 8.33. The number of likely N-dealkylation sites (N-methyl/N-ethyl adjacent to an activating group) is 1. The van der Waals surface area contributed by atoms with Gasteiger partial charge in [0.1, 0.15) is 0 Å². The zero-order valence-corrected chi connectivity index (χ0v) is 9.90. The highest BCUT2D eigenvalue weighted by Crippen LogP contribution is 2.28. The zero-order chi connectivity index (χ0) is 10.8. The molecule has 1 aliphatic rings. The number of halogens is 1. The van der Waals surface area contributed by atoms with Crippen molar-refractivity contribution in [3.8, 4) is 0 Å². The standard InChI is InChI=1S/C10H12ClNO2S/c1-12-8-5-14-4-6(8)9(13)10-7(11)2-3-15-10/h2-3,6,8,12H,4-5H2,1H3. The summed E-state index contributed by atoms with van der Waals surface area (Å²) in [5, 5.41) is 5.47. The second-order valence-electron chi connectivity index (χ2n) is 3.50. The Balaban J connectivity index is 2.18. The maximum absolute atomic E-state index is 12.1. The van der Waals surface area contributed by atoms with Gasteiger partial charge in [0.2, 0.25) is 0 Å². The van der Waals surface area contributed by atoms with Gasteiger partial charge in [-0.05, 0) is 18.5 Å². The molecule has 1 aromatic heterocycles. The number of hydrogen-bond acceptors (Lipinski definition) is 4. The molecule has 0 aliphatic carbocycles. The first-order valence-electron chi connectivity index (χ1n) is 4.76. The van der Waals surface area contributed by atoms with E-state index in [-0.39, 0.29) is 17.7 Å². The van der Waals surface area contributed by atoms with Gasteiger partial charge in [-0.15, -0.1) is 11.3 Å². The summed E-state index contributed by atoms with van der Waals surface area (Å²) in [6.07, 6.45) is 0. The van der Waals surface area contributed by atoms with Crippen molar-refractivity contribution in [1.82, 2.24) is 5.32 Å². The topological polar surface area (TPSA) is 38.3 Å². The second kappa shape index (κ2) is 4.61. The van der Waals surface area contributed by atoms with Crippen LogP contribution in [0.15, 0.2) is 11.4 Å². The van der Waals surface area contributed by atoms with Crippen molar-refractivity contribution >= 4 is 28.7 Å². The molecule has 1 N–H and O–H groups in total. The van der Waals surface area contributed by atoms with E-state index in [2.05, 4.69) is 5.32 Å². The lowest BCUT2D eigenvalue weighted by molar-refractivity contribution is 0.0897. The van der Waals surface area contributed by atoms with Gasteiger partial charge in [0.25, 0.3) is 0 Å². The molecule has 0 radical (unpaired) electrons. The normalized spacial score (nSPS) is 25.7. The highest BCUT2D eigenvalue weighted by Gasteiger charge is 2.34. The van der Waals surface area contributed by atoms with E-state index < -0.39 is 0 Å². The minimum absolute atomic E-state index is 0.0897. The Labute approximate surface area is 97.4 Å². The minimum atomic E-state index is -0.105. The summed E-state index contributed by atoms with van der Waals surface area (Å²) in [6, 6.07) is 1.86. The SMILES string of the molecule is CNC1COCC1C(=O)c1sccc1Cl. The largest absolute Gasteiger partial charge is 0.379 e. The van der Waals surface area contributed by atoms with Gasteiger partial charge < -0.3 is 10.1 Å². The number of carbonyl (C=O) groups excluding carboxylic acids is 1. The van der Waals surface area contributed by atoms with E-state index in [9.17, 15) is 4.79 Å². The summed E-state index contributed by atoms with van der Waals surface area (Å²) in [5.74, 6) is -0.0157. The Morgan fingerprint density at radius 2 is 2.47 bits per heavy atom. The van der Waals surface area contributed by atoms with Crippen LogP contribution in [0.3, 0.4) is 0 Å². The molecule has 0 spiro atoms. The van der Waals surface area contributed by atoms with Crippen LogP contribution in [0.4, 0.5) is 0 Å². The van der Waals surface area contributed by atoms with Gasteiger partial charge in [-0.3, -0.25) is 4.79 Å². The molecule has 2 rings (SSSR count). The summed E-state index contributed by atoms with van der Waals surface area (Å²) in [6.45, 7) is 1.08. The van der Waals surface area contributed by atoms with Crippen molar-refractivity contribution in [2.75, 3.05) is 20.3 Å². The predicted molar refractivity (Wildman–Crippen MR) is 60.8 cm³/mol. The Morgan fingerprint density at radius 1 is 1.67 bits per heavy atom. The van der Waals surface area contributed by atoms with Crippen LogP contribution in [-0.4, -0.2) is 32.1 Å². The van der Waals surface area contributed by atoms with E-state index in [1.807, 2.05) is 12.4 Å². The average Bonchev–Trinajstić information content (AvgIpc) is 2.84. The van der Waals surface area contributed by atoms with Gasteiger partial charge in [-0.25, -0.2) is 0 Å². The van der Waals surface area contributed by atoms with E-state index in [1.165, 1.54) is 11.3 Å². The molecule has 1 saturated heterocycles. The molecular formula is C10H12ClNO2S. The lowest BCUT2D eigenvalue weighted by Crippen LogP contribution is -2.36. The van der Waals surface area contributed by atoms with Crippen molar-refractivity contribution in [2.24, 2.45) is 5.92 Å². The lowest BCUT2D eigenvalue weighted by atomic mass is 9.97. The molecule has 0 saturated carbocycles. The van der Waals surface area contributed by atoms with Gasteiger partial charge in [0.15, 0.2) is 5.78 Å². The van der Waals surface area contributed by atoms with E-state index in [0.29, 0.717) is 23.1 Å². The summed E-state index contributed by atoms with van der Waals surface area (Å²) < 4.78 is 5.30. The average molecular weight is 246 g/mol. The molecule has 5 heteroatoms. The Kier molecular flexibility index (Phi) is 3.41. The predicted octanol–water partition coefficient (Wildman–Crippen LogP) is 1.82. The molecule has 1 aliphatic heterocycles. The molecule has 2 unspecified atom stereocenters. The van der Waals surface area contributed by atoms with Gasteiger partial charge in [-0.1, -0.05) is 11.6 Å². The Bertz CT molecular complexity index is 366. The highest BCUT2D eigenvalue weighted by atomic mass is 35.5. The molecule has 1 fully saturated rings. The number of rotatable bonds is 3. The van der Waals surface area contributed by atoms with Crippen molar-refractivity contribution < 1.29 is 9.53 Å². The Morgan fingerprint density at radius 3 is 3.07 bits per heavy atom. The van der Waals surface area contributed by atoms with Crippen molar-refractivity contribution in [2.45, 2.75) is 6.04 Å². The van der Waals surface area contributed by atoms with E-state index in [4.69, 9.17) is 16.3 Å². The van der Waals surface area contributed by atoms with Crippen LogP contribution >= 0.6 is 22.9 Å². The van der Waals surface area contributed by atoms with Gasteiger partial charge >= 0.3 is 0 Å². The monoisotopic (exact) mass is 245 g/mol. The fraction of sp³-hybridized carbons (Fsp3) is 0.500. The van der Waals surface area contributed by atoms with Crippen LogP contribution in [0.25, 0.3) is 0 Å². The van der Waals surface area contributed by atoms with Crippen LogP contribution in [0.1, 0.15) is 9.67 Å². The minimum Gasteiger partial charge on any atom is -0.379 e. The first-order chi connectivity index (χ1) is 7.24. The highest BCUT2D eigenvalue weighted by molar-refractivity contribution is 7.12. The quantitative estimate of drug-likeness (QED) is 0.826. The van der Waals surface area contributed by atoms with Crippen molar-refractivity contribution in [1.29, 1.82) is 0 Å². The number of hydrogen-bond donors (Lipinski definition) is 1. The maximum atomic E-state index is 12.1.